The number of anilines is 1. The van der Waals surface area contributed by atoms with E-state index in [1.165, 1.54) is 42.5 Å². The number of piperidine rings is 1. The molecule has 6 heterocycles. The SMILES string of the molecule is COc1ncc(-c2cc(CN3CCC(F)(F)CC3)c3c(N)ncnn23)cc1C(=O)N[C@@H]1CN(C(=O)c2ncccc2F)C[C@@H]1F. The van der Waals surface area contributed by atoms with Gasteiger partial charge in [-0.2, -0.15) is 5.10 Å². The first kappa shape index (κ1) is 30.2. The fourth-order valence-corrected chi connectivity index (χ4v) is 5.67. The number of hydrogen-bond donors (Lipinski definition) is 2. The molecule has 0 saturated carbocycles. The molecule has 4 aromatic rings. The number of methoxy groups -OCH3 is 1. The number of carbonyl (C=O) groups is 2. The fourth-order valence-electron chi connectivity index (χ4n) is 5.67. The Morgan fingerprint density at radius 3 is 2.67 bits per heavy atom. The molecular weight excluding hydrogens is 598 g/mol. The second-order valence-corrected chi connectivity index (χ2v) is 11.0. The monoisotopic (exact) mass is 627 g/mol. The Morgan fingerprint density at radius 2 is 1.93 bits per heavy atom. The molecule has 0 bridgehead atoms. The molecule has 0 aliphatic carbocycles. The van der Waals surface area contributed by atoms with Crippen LogP contribution in [0.2, 0.25) is 0 Å². The van der Waals surface area contributed by atoms with E-state index in [1.54, 1.807) is 6.07 Å². The molecule has 4 aromatic heterocycles. The van der Waals surface area contributed by atoms with Gasteiger partial charge in [0.15, 0.2) is 17.3 Å². The number of nitrogens with two attached hydrogens (primary N) is 1. The van der Waals surface area contributed by atoms with Crippen molar-refractivity contribution in [2.45, 2.75) is 37.5 Å². The van der Waals surface area contributed by atoms with Crippen LogP contribution in [-0.4, -0.2) is 97.6 Å². The highest BCUT2D eigenvalue weighted by Gasteiger charge is 2.38. The van der Waals surface area contributed by atoms with Gasteiger partial charge in [0.2, 0.25) is 5.88 Å². The molecule has 236 valence electrons. The number of likely N-dealkylation sites (tertiary alicyclic amines) is 2. The average molecular weight is 628 g/mol. The van der Waals surface area contributed by atoms with Crippen molar-refractivity contribution in [2.75, 3.05) is 39.0 Å². The summed E-state index contributed by atoms with van der Waals surface area (Å²) in [5.41, 5.74) is 7.89. The standard InChI is InChI=1S/C29H29F4N9O3/c1-45-27-18(26(43)39-21-14-41(13-20(21)31)28(44)23-19(30)3-2-6-35-23)9-16(11-36-27)22-10-17(24-25(34)37-15-38-42(22)24)12-40-7-4-29(32,33)5-8-40/h2-3,6,9-11,15,20-21H,4-5,7-8,12-14H2,1H3,(H,39,43)(H2,34,37,38)/t20-,21+/m0/s1. The zero-order valence-corrected chi connectivity index (χ0v) is 24.1. The Morgan fingerprint density at radius 1 is 1.16 bits per heavy atom. The zero-order valence-electron chi connectivity index (χ0n) is 24.1. The Bertz CT molecular complexity index is 1760. The molecule has 2 atom stereocenters. The van der Waals surface area contributed by atoms with Crippen molar-refractivity contribution in [3.63, 3.8) is 0 Å². The van der Waals surface area contributed by atoms with Crippen LogP contribution in [0.3, 0.4) is 0 Å². The van der Waals surface area contributed by atoms with Crippen LogP contribution in [0.25, 0.3) is 16.8 Å². The molecule has 0 aromatic carbocycles. The van der Waals surface area contributed by atoms with E-state index in [-0.39, 0.29) is 56.3 Å². The van der Waals surface area contributed by atoms with Gasteiger partial charge in [-0.05, 0) is 29.8 Å². The van der Waals surface area contributed by atoms with Crippen LogP contribution < -0.4 is 15.8 Å². The highest BCUT2D eigenvalue weighted by Crippen LogP contribution is 2.33. The van der Waals surface area contributed by atoms with Crippen molar-refractivity contribution >= 4 is 23.1 Å². The summed E-state index contributed by atoms with van der Waals surface area (Å²) in [7, 11) is 1.33. The number of carbonyl (C=O) groups excluding carboxylic acids is 2. The van der Waals surface area contributed by atoms with E-state index in [2.05, 4.69) is 25.4 Å². The van der Waals surface area contributed by atoms with Gasteiger partial charge in [-0.25, -0.2) is 37.0 Å². The van der Waals surface area contributed by atoms with Gasteiger partial charge in [0.1, 0.15) is 23.6 Å². The molecular formula is C29H29F4N9O3. The van der Waals surface area contributed by atoms with Gasteiger partial charge in [0, 0.05) is 57.0 Å². The summed E-state index contributed by atoms with van der Waals surface area (Å²) in [5.74, 6) is -4.86. The van der Waals surface area contributed by atoms with Crippen molar-refractivity contribution in [3.05, 3.63) is 65.6 Å². The van der Waals surface area contributed by atoms with E-state index in [4.69, 9.17) is 10.5 Å². The number of pyridine rings is 2. The summed E-state index contributed by atoms with van der Waals surface area (Å²) in [6.07, 6.45) is 1.88. The quantitative estimate of drug-likeness (QED) is 0.296. The van der Waals surface area contributed by atoms with Gasteiger partial charge in [0.25, 0.3) is 17.7 Å². The van der Waals surface area contributed by atoms with Crippen LogP contribution in [-0.2, 0) is 6.54 Å². The van der Waals surface area contributed by atoms with E-state index in [1.807, 2.05) is 4.90 Å². The number of rotatable bonds is 7. The van der Waals surface area contributed by atoms with Crippen molar-refractivity contribution in [2.24, 2.45) is 0 Å². The number of nitrogen functional groups attached to an aromatic ring is 1. The van der Waals surface area contributed by atoms with Crippen molar-refractivity contribution < 1.29 is 31.9 Å². The normalized spacial score (nSPS) is 20.0. The topological polar surface area (TPSA) is 144 Å². The van der Waals surface area contributed by atoms with E-state index in [0.29, 0.717) is 28.9 Å². The minimum atomic E-state index is -2.69. The van der Waals surface area contributed by atoms with Gasteiger partial charge < -0.3 is 20.7 Å². The van der Waals surface area contributed by atoms with Gasteiger partial charge in [0.05, 0.1) is 25.4 Å². The molecule has 16 heteroatoms. The van der Waals surface area contributed by atoms with E-state index in [0.717, 1.165) is 11.0 Å². The second-order valence-electron chi connectivity index (χ2n) is 11.0. The molecule has 3 N–H and O–H groups in total. The van der Waals surface area contributed by atoms with Crippen molar-refractivity contribution in [1.82, 2.24) is 39.7 Å². The molecule has 2 amide bonds. The van der Waals surface area contributed by atoms with Crippen LogP contribution in [0, 0.1) is 5.82 Å². The molecule has 0 spiro atoms. The lowest BCUT2D eigenvalue weighted by molar-refractivity contribution is -0.0565. The van der Waals surface area contributed by atoms with Crippen molar-refractivity contribution in [1.29, 1.82) is 0 Å². The number of fused-ring (bicyclic) bond motifs is 1. The molecule has 2 fully saturated rings. The zero-order chi connectivity index (χ0) is 31.9. The maximum Gasteiger partial charge on any atom is 0.275 e. The van der Waals surface area contributed by atoms with E-state index in [9.17, 15) is 22.8 Å². The third-order valence-electron chi connectivity index (χ3n) is 8.04. The molecule has 6 rings (SSSR count). The largest absolute Gasteiger partial charge is 0.480 e. The van der Waals surface area contributed by atoms with Crippen LogP contribution in [0.1, 0.15) is 39.3 Å². The summed E-state index contributed by atoms with van der Waals surface area (Å²) >= 11 is 0. The fraction of sp³-hybridized carbons (Fsp3) is 0.379. The number of alkyl halides is 3. The maximum atomic E-state index is 15.0. The molecule has 2 aliphatic rings. The van der Waals surface area contributed by atoms with Crippen LogP contribution in [0.15, 0.2) is 43.0 Å². The lowest BCUT2D eigenvalue weighted by Crippen LogP contribution is -2.42. The minimum absolute atomic E-state index is 0.0143. The first-order valence-corrected chi connectivity index (χ1v) is 14.1. The third-order valence-corrected chi connectivity index (χ3v) is 8.04. The lowest BCUT2D eigenvalue weighted by atomic mass is 10.1. The highest BCUT2D eigenvalue weighted by molar-refractivity contribution is 5.98. The minimum Gasteiger partial charge on any atom is -0.480 e. The molecule has 12 nitrogen and oxygen atoms in total. The number of ether oxygens (including phenoxy) is 1. The van der Waals surface area contributed by atoms with Gasteiger partial charge in [-0.3, -0.25) is 14.5 Å². The summed E-state index contributed by atoms with van der Waals surface area (Å²) in [5, 5.41) is 6.93. The molecule has 0 radical (unpaired) electrons. The molecule has 0 unspecified atom stereocenters. The first-order chi connectivity index (χ1) is 21.5. The summed E-state index contributed by atoms with van der Waals surface area (Å²) in [4.78, 5) is 41.3. The van der Waals surface area contributed by atoms with Crippen LogP contribution in [0.5, 0.6) is 5.88 Å². The molecule has 2 aliphatic heterocycles. The Balaban J connectivity index is 1.25. The number of nitrogens with zero attached hydrogens (tertiary/aromatic N) is 7. The van der Waals surface area contributed by atoms with Crippen LogP contribution >= 0.6 is 0 Å². The van der Waals surface area contributed by atoms with E-state index >= 15 is 4.39 Å². The number of nitrogens with one attached hydrogen (secondary N) is 1. The van der Waals surface area contributed by atoms with Crippen LogP contribution in [0.4, 0.5) is 23.4 Å². The second kappa shape index (κ2) is 11.9. The number of hydrogen-bond acceptors (Lipinski definition) is 9. The Kier molecular flexibility index (Phi) is 7.99. The molecule has 45 heavy (non-hydrogen) atoms. The summed E-state index contributed by atoms with van der Waals surface area (Å²) in [6.45, 7) is 0.175. The number of aromatic nitrogens is 5. The van der Waals surface area contributed by atoms with Gasteiger partial charge in [-0.1, -0.05) is 0 Å². The predicted molar refractivity (Wildman–Crippen MR) is 153 cm³/mol. The van der Waals surface area contributed by atoms with Gasteiger partial charge in [-0.15, -0.1) is 0 Å². The lowest BCUT2D eigenvalue weighted by Gasteiger charge is -2.31. The van der Waals surface area contributed by atoms with Crippen molar-refractivity contribution in [3.8, 4) is 17.1 Å². The maximum absolute atomic E-state index is 15.0. The Hall–Kier alpha value is -4.86. The van der Waals surface area contributed by atoms with Gasteiger partial charge >= 0.3 is 0 Å². The average Bonchev–Trinajstić information content (AvgIpc) is 3.58. The third kappa shape index (κ3) is 5.96. The molecule has 2 saturated heterocycles. The summed E-state index contributed by atoms with van der Waals surface area (Å²) < 4.78 is 63.5. The highest BCUT2D eigenvalue weighted by atomic mass is 19.3. The Labute approximate surface area is 254 Å². The number of amides is 2. The number of halogens is 4. The predicted octanol–water partition coefficient (Wildman–Crippen LogP) is 2.74. The summed E-state index contributed by atoms with van der Waals surface area (Å²) in [6, 6.07) is 4.62. The first-order valence-electron chi connectivity index (χ1n) is 14.1. The van der Waals surface area contributed by atoms with E-state index < -0.39 is 41.5 Å². The smallest absolute Gasteiger partial charge is 0.275 e.